The van der Waals surface area contributed by atoms with Crippen LogP contribution in [0.5, 0.6) is 0 Å². The van der Waals surface area contributed by atoms with Crippen molar-refractivity contribution >= 4 is 0 Å². The fourth-order valence-corrected chi connectivity index (χ4v) is 3.94. The fourth-order valence-electron chi connectivity index (χ4n) is 3.94. The van der Waals surface area contributed by atoms with Crippen molar-refractivity contribution in [2.24, 2.45) is 0 Å². The van der Waals surface area contributed by atoms with Crippen LogP contribution in [-0.2, 0) is 6.54 Å². The molecular formula is C24H40N2. The Balaban J connectivity index is 1.52. The summed E-state index contributed by atoms with van der Waals surface area (Å²) in [5.74, 6) is 0. The second kappa shape index (κ2) is 12.8. The summed E-state index contributed by atoms with van der Waals surface area (Å²) in [6, 6.07) is 10.8. The minimum absolute atomic E-state index is 0.536. The maximum Gasteiger partial charge on any atom is 0.101 e. The molecule has 1 aliphatic rings. The summed E-state index contributed by atoms with van der Waals surface area (Å²) in [6.07, 6.45) is 21.9. The molecule has 2 heteroatoms. The highest BCUT2D eigenvalue weighted by molar-refractivity contribution is 5.15. The van der Waals surface area contributed by atoms with Crippen molar-refractivity contribution in [1.82, 2.24) is 9.80 Å². The summed E-state index contributed by atoms with van der Waals surface area (Å²) in [5, 5.41) is 0. The summed E-state index contributed by atoms with van der Waals surface area (Å²) >= 11 is 0. The zero-order chi connectivity index (χ0) is 18.5. The van der Waals surface area contributed by atoms with Gasteiger partial charge in [-0.3, -0.25) is 0 Å². The molecule has 1 aromatic carbocycles. The third kappa shape index (κ3) is 7.85. The van der Waals surface area contributed by atoms with Crippen LogP contribution in [-0.4, -0.2) is 23.0 Å². The molecular weight excluding hydrogens is 316 g/mol. The Bertz CT molecular complexity index is 482. The lowest BCUT2D eigenvalue weighted by Gasteiger charge is -2.30. The predicted molar refractivity (Wildman–Crippen MR) is 114 cm³/mol. The van der Waals surface area contributed by atoms with Crippen LogP contribution in [0.15, 0.2) is 42.7 Å². The van der Waals surface area contributed by atoms with Crippen LogP contribution in [0.25, 0.3) is 0 Å². The van der Waals surface area contributed by atoms with Gasteiger partial charge < -0.3 is 9.80 Å². The van der Waals surface area contributed by atoms with Gasteiger partial charge in [-0.1, -0.05) is 101 Å². The molecule has 26 heavy (non-hydrogen) atoms. The maximum atomic E-state index is 2.49. The van der Waals surface area contributed by atoms with E-state index in [1.807, 2.05) is 0 Å². The van der Waals surface area contributed by atoms with Gasteiger partial charge in [-0.25, -0.2) is 0 Å². The lowest BCUT2D eigenvalue weighted by Crippen LogP contribution is -2.36. The predicted octanol–water partition coefficient (Wildman–Crippen LogP) is 6.93. The molecule has 1 heterocycles. The van der Waals surface area contributed by atoms with Crippen LogP contribution < -0.4 is 0 Å². The van der Waals surface area contributed by atoms with E-state index in [9.17, 15) is 0 Å². The van der Waals surface area contributed by atoms with Gasteiger partial charge in [-0.15, -0.1) is 0 Å². The van der Waals surface area contributed by atoms with E-state index in [0.717, 1.165) is 6.54 Å². The van der Waals surface area contributed by atoms with Crippen LogP contribution in [0.2, 0.25) is 0 Å². The number of hydrogen-bond acceptors (Lipinski definition) is 2. The Morgan fingerprint density at radius 2 is 1.31 bits per heavy atom. The van der Waals surface area contributed by atoms with Gasteiger partial charge in [0.15, 0.2) is 0 Å². The van der Waals surface area contributed by atoms with E-state index in [2.05, 4.69) is 66.5 Å². The summed E-state index contributed by atoms with van der Waals surface area (Å²) in [6.45, 7) is 3.31. The Hall–Kier alpha value is -1.44. The minimum atomic E-state index is 0.536. The number of hydrogen-bond donors (Lipinski definition) is 0. The van der Waals surface area contributed by atoms with E-state index in [1.54, 1.807) is 0 Å². The number of unbranched alkanes of at least 4 members (excludes halogenated alkanes) is 10. The second-order valence-corrected chi connectivity index (χ2v) is 7.93. The highest BCUT2D eigenvalue weighted by Gasteiger charge is 2.22. The summed E-state index contributed by atoms with van der Waals surface area (Å²) < 4.78 is 0. The van der Waals surface area contributed by atoms with Crippen molar-refractivity contribution in [3.05, 3.63) is 48.3 Å². The highest BCUT2D eigenvalue weighted by atomic mass is 15.4. The zero-order valence-corrected chi connectivity index (χ0v) is 17.2. The van der Waals surface area contributed by atoms with Gasteiger partial charge >= 0.3 is 0 Å². The smallest absolute Gasteiger partial charge is 0.101 e. The molecule has 1 atom stereocenters. The van der Waals surface area contributed by atoms with Gasteiger partial charge in [0.05, 0.1) is 0 Å². The molecule has 0 bridgehead atoms. The average molecular weight is 357 g/mol. The molecule has 1 unspecified atom stereocenters. The van der Waals surface area contributed by atoms with Gasteiger partial charge in [0.2, 0.25) is 0 Å². The first-order chi connectivity index (χ1) is 12.8. The maximum absolute atomic E-state index is 2.49. The monoisotopic (exact) mass is 356 g/mol. The van der Waals surface area contributed by atoms with Crippen molar-refractivity contribution in [2.45, 2.75) is 96.7 Å². The molecule has 0 amide bonds. The topological polar surface area (TPSA) is 6.48 Å². The average Bonchev–Trinajstić information content (AvgIpc) is 3.00. The molecule has 1 aliphatic heterocycles. The highest BCUT2D eigenvalue weighted by Crippen LogP contribution is 2.22. The minimum Gasteiger partial charge on any atom is -0.359 e. The van der Waals surface area contributed by atoms with Crippen LogP contribution in [0, 0.1) is 0 Å². The van der Waals surface area contributed by atoms with Crippen molar-refractivity contribution in [2.75, 3.05) is 7.05 Å². The molecule has 2 nitrogen and oxygen atoms in total. The lowest BCUT2D eigenvalue weighted by atomic mass is 10.0. The zero-order valence-electron chi connectivity index (χ0n) is 17.2. The molecule has 0 aliphatic carbocycles. The Morgan fingerprint density at radius 3 is 1.92 bits per heavy atom. The van der Waals surface area contributed by atoms with E-state index in [-0.39, 0.29) is 0 Å². The Labute approximate surface area is 162 Å². The van der Waals surface area contributed by atoms with E-state index < -0.39 is 0 Å². The second-order valence-electron chi connectivity index (χ2n) is 7.93. The normalized spacial score (nSPS) is 16.6. The SMILES string of the molecule is CCCCCCCCCCCCCC1N(C)C=CN1Cc1ccccc1. The molecule has 1 aromatic rings. The molecule has 2 rings (SSSR count). The molecule has 0 saturated heterocycles. The van der Waals surface area contributed by atoms with Crippen molar-refractivity contribution < 1.29 is 0 Å². The number of rotatable bonds is 14. The molecule has 0 aromatic heterocycles. The standard InChI is InChI=1S/C24H40N2/c1-3-4-5-6-7-8-9-10-11-12-16-19-24-25(2)20-21-26(24)22-23-17-14-13-15-18-23/h13-15,17-18,20-21,24H,3-12,16,19,22H2,1-2H3. The summed E-state index contributed by atoms with van der Waals surface area (Å²) in [4.78, 5) is 4.87. The molecule has 0 radical (unpaired) electrons. The van der Waals surface area contributed by atoms with E-state index in [0.29, 0.717) is 6.17 Å². The van der Waals surface area contributed by atoms with Crippen molar-refractivity contribution in [1.29, 1.82) is 0 Å². The van der Waals surface area contributed by atoms with E-state index in [1.165, 1.54) is 82.6 Å². The third-order valence-electron chi connectivity index (χ3n) is 5.62. The molecule has 0 fully saturated rings. The van der Waals surface area contributed by atoms with Gasteiger partial charge in [0, 0.05) is 26.0 Å². The van der Waals surface area contributed by atoms with Crippen molar-refractivity contribution in [3.8, 4) is 0 Å². The van der Waals surface area contributed by atoms with E-state index >= 15 is 0 Å². The van der Waals surface area contributed by atoms with E-state index in [4.69, 9.17) is 0 Å². The van der Waals surface area contributed by atoms with Gasteiger partial charge in [-0.2, -0.15) is 0 Å². The summed E-state index contributed by atoms with van der Waals surface area (Å²) in [5.41, 5.74) is 1.40. The number of benzene rings is 1. The van der Waals surface area contributed by atoms with Gasteiger partial charge in [0.25, 0.3) is 0 Å². The summed E-state index contributed by atoms with van der Waals surface area (Å²) in [7, 11) is 2.21. The number of nitrogens with zero attached hydrogens (tertiary/aromatic N) is 2. The largest absolute Gasteiger partial charge is 0.359 e. The first-order valence-corrected chi connectivity index (χ1v) is 11.0. The molecule has 0 spiro atoms. The molecule has 0 N–H and O–H groups in total. The van der Waals surface area contributed by atoms with Crippen LogP contribution in [0.4, 0.5) is 0 Å². The van der Waals surface area contributed by atoms with Crippen LogP contribution in [0.1, 0.15) is 89.5 Å². The Kier molecular flexibility index (Phi) is 10.3. The molecule has 146 valence electrons. The lowest BCUT2D eigenvalue weighted by molar-refractivity contribution is 0.155. The first-order valence-electron chi connectivity index (χ1n) is 11.0. The Morgan fingerprint density at radius 1 is 0.731 bits per heavy atom. The fraction of sp³-hybridized carbons (Fsp3) is 0.667. The first kappa shape index (κ1) is 20.9. The van der Waals surface area contributed by atoms with Gasteiger partial charge in [-0.05, 0) is 18.4 Å². The third-order valence-corrected chi connectivity index (χ3v) is 5.62. The quantitative estimate of drug-likeness (QED) is 0.333. The van der Waals surface area contributed by atoms with Gasteiger partial charge in [0.1, 0.15) is 6.17 Å². The molecule has 0 saturated carbocycles. The van der Waals surface area contributed by atoms with Crippen molar-refractivity contribution in [3.63, 3.8) is 0 Å². The van der Waals surface area contributed by atoms with Crippen LogP contribution >= 0.6 is 0 Å². The van der Waals surface area contributed by atoms with Crippen LogP contribution in [0.3, 0.4) is 0 Å².